The van der Waals surface area contributed by atoms with Crippen molar-refractivity contribution in [2.45, 2.75) is 6.04 Å². The molecule has 4 nitrogen and oxygen atoms in total. The van der Waals surface area contributed by atoms with Crippen molar-refractivity contribution in [3.05, 3.63) is 30.3 Å². The number of hydrogen-bond acceptors (Lipinski definition) is 3. The van der Waals surface area contributed by atoms with Crippen LogP contribution in [0.2, 0.25) is 0 Å². The normalized spacial score (nSPS) is 12.1. The Balaban J connectivity index is 2.62. The van der Waals surface area contributed by atoms with Crippen LogP contribution in [0.5, 0.6) is 0 Å². The molecule has 0 unspecified atom stereocenters. The van der Waals surface area contributed by atoms with Gasteiger partial charge in [-0.2, -0.15) is 0 Å². The first kappa shape index (κ1) is 9.54. The van der Waals surface area contributed by atoms with Gasteiger partial charge >= 0.3 is 5.97 Å². The first-order valence-corrected chi connectivity index (χ1v) is 3.89. The fourth-order valence-corrected chi connectivity index (χ4v) is 0.921. The molecule has 0 aliphatic heterocycles. The van der Waals surface area contributed by atoms with E-state index in [1.807, 2.05) is 6.07 Å². The number of aliphatic hydroxyl groups excluding tert-OH is 1. The maximum absolute atomic E-state index is 10.5. The van der Waals surface area contributed by atoms with Gasteiger partial charge in [0, 0.05) is 5.69 Å². The van der Waals surface area contributed by atoms with Gasteiger partial charge in [0.1, 0.15) is 6.04 Å². The molecule has 13 heavy (non-hydrogen) atoms. The third kappa shape index (κ3) is 2.76. The summed E-state index contributed by atoms with van der Waals surface area (Å²) in [5, 5.41) is 20.0. The lowest BCUT2D eigenvalue weighted by Crippen LogP contribution is -2.32. The molecule has 0 saturated heterocycles. The molecule has 70 valence electrons. The van der Waals surface area contributed by atoms with Crippen molar-refractivity contribution in [2.75, 3.05) is 11.9 Å². The number of para-hydroxylation sites is 1. The summed E-state index contributed by atoms with van der Waals surface area (Å²) in [4.78, 5) is 10.5. The van der Waals surface area contributed by atoms with Gasteiger partial charge in [-0.25, -0.2) is 4.79 Å². The molecule has 0 spiro atoms. The zero-order chi connectivity index (χ0) is 9.68. The van der Waals surface area contributed by atoms with Crippen molar-refractivity contribution >= 4 is 11.7 Å². The topological polar surface area (TPSA) is 69.6 Å². The third-order valence-corrected chi connectivity index (χ3v) is 1.60. The smallest absolute Gasteiger partial charge is 0.328 e. The van der Waals surface area contributed by atoms with Crippen molar-refractivity contribution < 1.29 is 15.0 Å². The number of carbonyl (C=O) groups is 1. The number of carboxylic acids is 1. The molecule has 0 fully saturated rings. The van der Waals surface area contributed by atoms with Gasteiger partial charge in [0.05, 0.1) is 6.61 Å². The Morgan fingerprint density at radius 1 is 1.38 bits per heavy atom. The molecule has 0 aliphatic carbocycles. The van der Waals surface area contributed by atoms with Gasteiger partial charge in [0.2, 0.25) is 0 Å². The van der Waals surface area contributed by atoms with E-state index in [0.29, 0.717) is 5.69 Å². The minimum absolute atomic E-state index is 0.426. The van der Waals surface area contributed by atoms with Crippen LogP contribution in [0.3, 0.4) is 0 Å². The highest BCUT2D eigenvalue weighted by Crippen LogP contribution is 2.06. The van der Waals surface area contributed by atoms with E-state index in [1.54, 1.807) is 24.3 Å². The summed E-state index contributed by atoms with van der Waals surface area (Å²) in [5.74, 6) is -1.06. The first-order valence-electron chi connectivity index (χ1n) is 3.89. The number of benzene rings is 1. The lowest BCUT2D eigenvalue weighted by Gasteiger charge is -2.12. The van der Waals surface area contributed by atoms with E-state index in [4.69, 9.17) is 10.2 Å². The second kappa shape index (κ2) is 4.47. The van der Waals surface area contributed by atoms with Gasteiger partial charge in [-0.15, -0.1) is 0 Å². The van der Waals surface area contributed by atoms with Crippen LogP contribution in [-0.2, 0) is 4.79 Å². The molecule has 4 heteroatoms. The number of rotatable bonds is 4. The summed E-state index contributed by atoms with van der Waals surface area (Å²) in [7, 11) is 0. The largest absolute Gasteiger partial charge is 0.480 e. The van der Waals surface area contributed by atoms with Crippen LogP contribution in [0, 0.1) is 0 Å². The number of carboxylic acid groups (broad SMARTS) is 1. The Labute approximate surface area is 75.8 Å². The molecule has 0 amide bonds. The lowest BCUT2D eigenvalue weighted by molar-refractivity contribution is -0.138. The quantitative estimate of drug-likeness (QED) is 0.634. The summed E-state index contributed by atoms with van der Waals surface area (Å²) in [6.07, 6.45) is 0. The molecule has 3 N–H and O–H groups in total. The van der Waals surface area contributed by atoms with Crippen LogP contribution in [-0.4, -0.2) is 28.8 Å². The van der Waals surface area contributed by atoms with Crippen molar-refractivity contribution in [3.63, 3.8) is 0 Å². The highest BCUT2D eigenvalue weighted by molar-refractivity contribution is 5.77. The second-order valence-electron chi connectivity index (χ2n) is 2.58. The number of nitrogens with one attached hydrogen (secondary N) is 1. The average Bonchev–Trinajstić information content (AvgIpc) is 2.15. The van der Waals surface area contributed by atoms with Gasteiger partial charge in [-0.1, -0.05) is 18.2 Å². The minimum Gasteiger partial charge on any atom is -0.480 e. The van der Waals surface area contributed by atoms with Crippen LogP contribution in [0.15, 0.2) is 30.3 Å². The van der Waals surface area contributed by atoms with Crippen molar-refractivity contribution in [1.29, 1.82) is 0 Å². The Bertz CT molecular complexity index is 273. The summed E-state index contributed by atoms with van der Waals surface area (Å²) >= 11 is 0. The molecular formula is C9H11NO3. The fraction of sp³-hybridized carbons (Fsp3) is 0.222. The maximum atomic E-state index is 10.5. The molecule has 1 rings (SSSR count). The maximum Gasteiger partial charge on any atom is 0.328 e. The van der Waals surface area contributed by atoms with Gasteiger partial charge in [-0.05, 0) is 12.1 Å². The molecular weight excluding hydrogens is 170 g/mol. The number of anilines is 1. The first-order chi connectivity index (χ1) is 6.24. The van der Waals surface area contributed by atoms with E-state index < -0.39 is 18.6 Å². The van der Waals surface area contributed by atoms with Crippen molar-refractivity contribution in [2.24, 2.45) is 0 Å². The number of hydrogen-bond donors (Lipinski definition) is 3. The van der Waals surface area contributed by atoms with Gasteiger partial charge in [-0.3, -0.25) is 0 Å². The van der Waals surface area contributed by atoms with Gasteiger partial charge in [0.15, 0.2) is 0 Å². The lowest BCUT2D eigenvalue weighted by atomic mass is 10.2. The fourth-order valence-electron chi connectivity index (χ4n) is 0.921. The Hall–Kier alpha value is -1.55. The third-order valence-electron chi connectivity index (χ3n) is 1.60. The molecule has 0 aromatic heterocycles. The molecule has 1 atom stereocenters. The molecule has 0 heterocycles. The van der Waals surface area contributed by atoms with E-state index in [-0.39, 0.29) is 0 Å². The minimum atomic E-state index is -1.06. The Kier molecular flexibility index (Phi) is 3.28. The molecule has 0 aliphatic rings. The van der Waals surface area contributed by atoms with Crippen molar-refractivity contribution in [3.8, 4) is 0 Å². The second-order valence-corrected chi connectivity index (χ2v) is 2.58. The summed E-state index contributed by atoms with van der Waals surface area (Å²) in [6.45, 7) is -0.426. The Morgan fingerprint density at radius 3 is 2.46 bits per heavy atom. The molecule has 0 radical (unpaired) electrons. The van der Waals surface area contributed by atoms with Crippen LogP contribution >= 0.6 is 0 Å². The van der Waals surface area contributed by atoms with E-state index in [9.17, 15) is 4.79 Å². The monoisotopic (exact) mass is 181 g/mol. The van der Waals surface area contributed by atoms with E-state index >= 15 is 0 Å². The summed E-state index contributed by atoms with van der Waals surface area (Å²) in [5.41, 5.74) is 0.684. The van der Waals surface area contributed by atoms with Crippen molar-refractivity contribution in [1.82, 2.24) is 0 Å². The zero-order valence-electron chi connectivity index (χ0n) is 6.97. The standard InChI is InChI=1S/C9H11NO3/c11-6-8(9(12)13)10-7-4-2-1-3-5-7/h1-5,8,10-11H,6H2,(H,12,13)/t8-/m1/s1. The highest BCUT2D eigenvalue weighted by atomic mass is 16.4. The van der Waals surface area contributed by atoms with Crippen LogP contribution in [0.25, 0.3) is 0 Å². The SMILES string of the molecule is O=C(O)[C@@H](CO)Nc1ccccc1. The molecule has 1 aromatic carbocycles. The summed E-state index contributed by atoms with van der Waals surface area (Å²) < 4.78 is 0. The zero-order valence-corrected chi connectivity index (χ0v) is 6.97. The number of aliphatic carboxylic acids is 1. The van der Waals surface area contributed by atoms with Crippen LogP contribution in [0.1, 0.15) is 0 Å². The van der Waals surface area contributed by atoms with E-state index in [1.165, 1.54) is 0 Å². The van der Waals surface area contributed by atoms with E-state index in [2.05, 4.69) is 5.32 Å². The van der Waals surface area contributed by atoms with E-state index in [0.717, 1.165) is 0 Å². The van der Waals surface area contributed by atoms with Gasteiger partial charge in [0.25, 0.3) is 0 Å². The number of aliphatic hydroxyl groups is 1. The van der Waals surface area contributed by atoms with Crippen LogP contribution in [0.4, 0.5) is 5.69 Å². The summed E-state index contributed by atoms with van der Waals surface area (Å²) in [6, 6.07) is 7.95. The van der Waals surface area contributed by atoms with Crippen LogP contribution < -0.4 is 5.32 Å². The molecule has 1 aromatic rings. The predicted molar refractivity (Wildman–Crippen MR) is 48.6 cm³/mol. The highest BCUT2D eigenvalue weighted by Gasteiger charge is 2.14. The predicted octanol–water partition coefficient (Wildman–Crippen LogP) is 0.544. The molecule has 0 saturated carbocycles. The van der Waals surface area contributed by atoms with Gasteiger partial charge < -0.3 is 15.5 Å². The Morgan fingerprint density at radius 2 is 2.00 bits per heavy atom. The molecule has 0 bridgehead atoms. The average molecular weight is 181 g/mol.